The van der Waals surface area contributed by atoms with E-state index >= 15 is 0 Å². The van der Waals surface area contributed by atoms with Crippen molar-refractivity contribution in [1.29, 1.82) is 0 Å². The van der Waals surface area contributed by atoms with Crippen molar-refractivity contribution in [3.05, 3.63) is 47.2 Å². The summed E-state index contributed by atoms with van der Waals surface area (Å²) in [6.45, 7) is 1.50. The molecule has 1 saturated heterocycles. The second-order valence-electron chi connectivity index (χ2n) is 7.30. The number of Topliss-reactive ketones (excluding diaryl/α,β-unsaturated/α-hetero) is 1. The summed E-state index contributed by atoms with van der Waals surface area (Å²) in [7, 11) is 0. The second kappa shape index (κ2) is 7.75. The summed E-state index contributed by atoms with van der Waals surface area (Å²) in [5.74, 6) is -1.87. The maximum absolute atomic E-state index is 12.6. The molecule has 10 heteroatoms. The number of phenolic OH excluding ortho intramolecular Hbond substituents is 3. The van der Waals surface area contributed by atoms with E-state index in [2.05, 4.69) is 0 Å². The largest absolute Gasteiger partial charge is 0.507 e. The van der Waals surface area contributed by atoms with Gasteiger partial charge < -0.3 is 44.8 Å². The number of hydrogen-bond acceptors (Lipinski definition) is 10. The lowest BCUT2D eigenvalue weighted by molar-refractivity contribution is -0.268. The Balaban J connectivity index is 1.59. The molecular weight excluding hydrogens is 412 g/mol. The Morgan fingerprint density at radius 3 is 2.39 bits per heavy atom. The number of allylic oxidation sites excluding steroid dienone is 1. The first kappa shape index (κ1) is 20.9. The molecule has 4 rings (SSSR count). The van der Waals surface area contributed by atoms with Crippen LogP contribution in [-0.2, 0) is 4.74 Å². The van der Waals surface area contributed by atoms with Crippen molar-refractivity contribution in [2.24, 2.45) is 0 Å². The number of aromatic hydroxyl groups is 3. The van der Waals surface area contributed by atoms with Crippen molar-refractivity contribution < 1.29 is 49.6 Å². The van der Waals surface area contributed by atoms with Crippen molar-refractivity contribution in [1.82, 2.24) is 0 Å². The minimum absolute atomic E-state index is 0.00631. The summed E-state index contributed by atoms with van der Waals surface area (Å²) < 4.78 is 16.4. The second-order valence-corrected chi connectivity index (χ2v) is 7.30. The first-order valence-corrected chi connectivity index (χ1v) is 9.35. The number of fused-ring (bicyclic) bond motifs is 1. The van der Waals surface area contributed by atoms with E-state index in [9.17, 15) is 35.4 Å². The fourth-order valence-corrected chi connectivity index (χ4v) is 3.36. The predicted molar refractivity (Wildman–Crippen MR) is 104 cm³/mol. The van der Waals surface area contributed by atoms with E-state index in [0.29, 0.717) is 5.56 Å². The third-order valence-corrected chi connectivity index (χ3v) is 5.08. The smallest absolute Gasteiger partial charge is 0.235 e. The number of ether oxygens (including phenoxy) is 3. The van der Waals surface area contributed by atoms with Crippen LogP contribution in [0.5, 0.6) is 28.7 Å². The molecule has 0 aliphatic carbocycles. The number of hydrogen-bond donors (Lipinski definition) is 6. The molecule has 0 saturated carbocycles. The van der Waals surface area contributed by atoms with Gasteiger partial charge in [-0.1, -0.05) is 6.07 Å². The van der Waals surface area contributed by atoms with Gasteiger partial charge in [0.25, 0.3) is 0 Å². The number of aliphatic hydroxyl groups excluding tert-OH is 3. The fraction of sp³-hybridized carbons (Fsp3) is 0.286. The molecule has 5 atom stereocenters. The molecule has 2 aliphatic rings. The summed E-state index contributed by atoms with van der Waals surface area (Å²) in [5, 5.41) is 59.0. The molecule has 0 amide bonds. The lowest BCUT2D eigenvalue weighted by Gasteiger charge is -2.38. The highest BCUT2D eigenvalue weighted by molar-refractivity contribution is 6.16. The van der Waals surface area contributed by atoms with Crippen LogP contribution >= 0.6 is 0 Å². The third-order valence-electron chi connectivity index (χ3n) is 5.08. The summed E-state index contributed by atoms with van der Waals surface area (Å²) in [4.78, 5) is 12.6. The Morgan fingerprint density at radius 2 is 1.68 bits per heavy atom. The number of carbonyl (C=O) groups excluding carboxylic acids is 1. The van der Waals surface area contributed by atoms with Crippen molar-refractivity contribution >= 4 is 11.9 Å². The maximum Gasteiger partial charge on any atom is 0.235 e. The number of benzene rings is 2. The van der Waals surface area contributed by atoms with Gasteiger partial charge in [0, 0.05) is 12.1 Å². The molecule has 1 fully saturated rings. The molecule has 0 bridgehead atoms. The summed E-state index contributed by atoms with van der Waals surface area (Å²) in [6.07, 6.45) is -5.17. The molecule has 2 aromatic rings. The van der Waals surface area contributed by atoms with Gasteiger partial charge in [-0.3, -0.25) is 4.79 Å². The molecule has 0 radical (unpaired) electrons. The van der Waals surface area contributed by atoms with E-state index in [1.54, 1.807) is 0 Å². The lowest BCUT2D eigenvalue weighted by Crippen LogP contribution is -2.58. The Morgan fingerprint density at radius 1 is 0.935 bits per heavy atom. The number of rotatable bonds is 3. The highest BCUT2D eigenvalue weighted by atomic mass is 16.7. The molecule has 2 aliphatic heterocycles. The maximum atomic E-state index is 12.6. The van der Waals surface area contributed by atoms with Crippen LogP contribution in [0, 0.1) is 0 Å². The number of ketones is 1. The lowest BCUT2D eigenvalue weighted by atomic mass is 10.00. The number of phenols is 3. The minimum Gasteiger partial charge on any atom is -0.507 e. The Labute approximate surface area is 175 Å². The quantitative estimate of drug-likeness (QED) is 0.299. The van der Waals surface area contributed by atoms with Gasteiger partial charge in [0.05, 0.1) is 6.10 Å². The van der Waals surface area contributed by atoms with Crippen LogP contribution in [0.2, 0.25) is 0 Å². The summed E-state index contributed by atoms with van der Waals surface area (Å²) in [5.41, 5.74) is 0.276. The third kappa shape index (κ3) is 3.77. The van der Waals surface area contributed by atoms with Crippen molar-refractivity contribution in [2.75, 3.05) is 0 Å². The highest BCUT2D eigenvalue weighted by Gasteiger charge is 2.43. The average Bonchev–Trinajstić information content (AvgIpc) is 3.03. The van der Waals surface area contributed by atoms with Gasteiger partial charge in [-0.2, -0.15) is 0 Å². The van der Waals surface area contributed by atoms with Crippen LogP contribution < -0.4 is 9.47 Å². The number of aliphatic hydroxyl groups is 3. The van der Waals surface area contributed by atoms with E-state index in [4.69, 9.17) is 14.2 Å². The highest BCUT2D eigenvalue weighted by Crippen LogP contribution is 2.42. The normalized spacial score (nSPS) is 29.0. The topological polar surface area (TPSA) is 166 Å². The van der Waals surface area contributed by atoms with Crippen molar-refractivity contribution in [3.63, 3.8) is 0 Å². The van der Waals surface area contributed by atoms with Crippen LogP contribution in [0.25, 0.3) is 6.08 Å². The molecule has 2 heterocycles. The standard InChI is InChI=1S/C21H20O10/c1-8-17(25)19(27)20(28)21(29-8)30-10-6-13(24)16-14(7-10)31-15(18(16)26)5-9-2-3-11(22)12(23)4-9/h2-8,17,19-25,27-28H,1H3/t8-,17-,19-,20+,21-/m0/s1. The molecule has 2 aromatic carbocycles. The van der Waals surface area contributed by atoms with Crippen LogP contribution in [-0.4, -0.2) is 67.1 Å². The van der Waals surface area contributed by atoms with E-state index in [1.807, 2.05) is 0 Å². The van der Waals surface area contributed by atoms with Gasteiger partial charge >= 0.3 is 0 Å². The van der Waals surface area contributed by atoms with E-state index < -0.39 is 42.2 Å². The van der Waals surface area contributed by atoms with Crippen LogP contribution in [0.3, 0.4) is 0 Å². The molecule has 164 valence electrons. The van der Waals surface area contributed by atoms with Crippen LogP contribution in [0.15, 0.2) is 36.1 Å². The Hall–Kier alpha value is -3.31. The zero-order chi connectivity index (χ0) is 22.4. The van der Waals surface area contributed by atoms with E-state index in [-0.39, 0.29) is 34.3 Å². The van der Waals surface area contributed by atoms with Crippen molar-refractivity contribution in [2.45, 2.75) is 37.6 Å². The van der Waals surface area contributed by atoms with Crippen LogP contribution in [0.4, 0.5) is 0 Å². The van der Waals surface area contributed by atoms with E-state index in [0.717, 1.165) is 6.07 Å². The summed E-state index contributed by atoms with van der Waals surface area (Å²) >= 11 is 0. The molecular formula is C21H20O10. The predicted octanol–water partition coefficient (Wildman–Crippen LogP) is 0.626. The van der Waals surface area contributed by atoms with E-state index in [1.165, 1.54) is 37.3 Å². The Kier molecular flexibility index (Phi) is 5.23. The average molecular weight is 432 g/mol. The van der Waals surface area contributed by atoms with Gasteiger partial charge in [0.15, 0.2) is 17.3 Å². The molecule has 31 heavy (non-hydrogen) atoms. The molecule has 0 spiro atoms. The molecule has 0 unspecified atom stereocenters. The van der Waals surface area contributed by atoms with Gasteiger partial charge in [-0.25, -0.2) is 0 Å². The minimum atomic E-state index is -1.55. The van der Waals surface area contributed by atoms with Crippen LogP contribution in [0.1, 0.15) is 22.8 Å². The van der Waals surface area contributed by atoms with Gasteiger partial charge in [0.2, 0.25) is 12.1 Å². The monoisotopic (exact) mass is 432 g/mol. The molecule has 10 nitrogen and oxygen atoms in total. The zero-order valence-corrected chi connectivity index (χ0v) is 16.2. The van der Waals surface area contributed by atoms with Crippen molar-refractivity contribution in [3.8, 4) is 28.7 Å². The molecule has 0 aromatic heterocycles. The van der Waals surface area contributed by atoms with Gasteiger partial charge in [0.1, 0.15) is 41.1 Å². The Bertz CT molecular complexity index is 1060. The first-order valence-electron chi connectivity index (χ1n) is 9.35. The zero-order valence-electron chi connectivity index (χ0n) is 16.2. The number of carbonyl (C=O) groups is 1. The molecule has 6 N–H and O–H groups in total. The SMILES string of the molecule is C[C@@H]1O[C@@H](Oc2cc(O)c3c(c2)OC(=Cc2ccc(O)c(O)c2)C3=O)[C@H](O)[C@@H](O)[C@H]1O. The van der Waals surface area contributed by atoms with Gasteiger partial charge in [-0.05, 0) is 30.7 Å². The van der Waals surface area contributed by atoms with Gasteiger partial charge in [-0.15, -0.1) is 0 Å². The first-order chi connectivity index (χ1) is 14.7. The summed E-state index contributed by atoms with van der Waals surface area (Å²) in [6, 6.07) is 6.38. The fourth-order valence-electron chi connectivity index (χ4n) is 3.36.